The third kappa shape index (κ3) is 3.98. The summed E-state index contributed by atoms with van der Waals surface area (Å²) in [5.74, 6) is 0. The van der Waals surface area contributed by atoms with Gasteiger partial charge in [-0.3, -0.25) is 10.1 Å². The smallest absolute Gasteiger partial charge is 0.349 e. The SMILES string of the molecule is O=[N+]([O-])[N-]c1ccccc1.[Na+]. The van der Waals surface area contributed by atoms with Crippen molar-refractivity contribution in [1.82, 2.24) is 0 Å². The maximum atomic E-state index is 9.81. The van der Waals surface area contributed by atoms with Gasteiger partial charge < -0.3 is 5.43 Å². The summed E-state index contributed by atoms with van der Waals surface area (Å²) >= 11 is 0. The molecular formula is C6H5N2NaO2. The van der Waals surface area contributed by atoms with Crippen LogP contribution < -0.4 is 29.6 Å². The molecule has 0 saturated carbocycles. The first-order valence-electron chi connectivity index (χ1n) is 2.70. The maximum absolute atomic E-state index is 9.81. The van der Waals surface area contributed by atoms with Gasteiger partial charge in [-0.2, -0.15) is 0 Å². The fourth-order valence-corrected chi connectivity index (χ4v) is 0.589. The molecule has 0 aromatic heterocycles. The molecule has 0 aliphatic heterocycles. The molecule has 4 nitrogen and oxygen atoms in total. The molecule has 1 aromatic rings. The van der Waals surface area contributed by atoms with Gasteiger partial charge in [0.1, 0.15) is 0 Å². The summed E-state index contributed by atoms with van der Waals surface area (Å²) in [4.78, 5) is 9.81. The van der Waals surface area contributed by atoms with Crippen LogP contribution in [-0.4, -0.2) is 5.03 Å². The number of nitro groups is 1. The largest absolute Gasteiger partial charge is 1.00 e. The molecule has 11 heavy (non-hydrogen) atoms. The second-order valence-electron chi connectivity index (χ2n) is 1.67. The Labute approximate surface area is 86.0 Å². The van der Waals surface area contributed by atoms with E-state index in [1.165, 1.54) is 0 Å². The van der Waals surface area contributed by atoms with Gasteiger partial charge in [0.05, 0.1) is 0 Å². The molecule has 0 radical (unpaired) electrons. The molecule has 0 heterocycles. The third-order valence-corrected chi connectivity index (χ3v) is 0.953. The minimum absolute atomic E-state index is 0. The summed E-state index contributed by atoms with van der Waals surface area (Å²) in [6.45, 7) is 0. The normalized spacial score (nSPS) is 8.00. The van der Waals surface area contributed by atoms with Gasteiger partial charge in [-0.05, 0) is 5.03 Å². The van der Waals surface area contributed by atoms with Crippen LogP contribution in [0.5, 0.6) is 0 Å². The van der Waals surface area contributed by atoms with E-state index in [2.05, 4.69) is 5.43 Å². The van der Waals surface area contributed by atoms with Gasteiger partial charge in [-0.15, -0.1) is 0 Å². The van der Waals surface area contributed by atoms with Gasteiger partial charge >= 0.3 is 29.6 Å². The predicted octanol–water partition coefficient (Wildman–Crippen LogP) is -1.11. The fourth-order valence-electron chi connectivity index (χ4n) is 0.589. The zero-order valence-corrected chi connectivity index (χ0v) is 8.10. The Morgan fingerprint density at radius 1 is 1.27 bits per heavy atom. The zero-order valence-electron chi connectivity index (χ0n) is 6.10. The maximum Gasteiger partial charge on any atom is 1.00 e. The number of nitrogens with zero attached hydrogens (tertiary/aromatic N) is 2. The van der Waals surface area contributed by atoms with Crippen molar-refractivity contribution in [1.29, 1.82) is 0 Å². The van der Waals surface area contributed by atoms with Crippen LogP contribution in [0.1, 0.15) is 0 Å². The standard InChI is InChI=1S/C6H5N2O2.Na/c9-8(10)7-6-4-2-1-3-5-6;/h1-5H;/q-1;+1. The molecule has 0 aliphatic carbocycles. The zero-order chi connectivity index (χ0) is 7.40. The summed E-state index contributed by atoms with van der Waals surface area (Å²) in [6.07, 6.45) is 0. The third-order valence-electron chi connectivity index (χ3n) is 0.953. The van der Waals surface area contributed by atoms with Crippen LogP contribution in [0.15, 0.2) is 30.3 Å². The Balaban J connectivity index is 0.000001000. The van der Waals surface area contributed by atoms with Crippen molar-refractivity contribution in [2.24, 2.45) is 0 Å². The first-order chi connectivity index (χ1) is 4.79. The second-order valence-corrected chi connectivity index (χ2v) is 1.67. The molecule has 0 spiro atoms. The van der Waals surface area contributed by atoms with Gasteiger partial charge in [0.15, 0.2) is 0 Å². The quantitative estimate of drug-likeness (QED) is 0.313. The molecule has 0 bridgehead atoms. The van der Waals surface area contributed by atoms with Gasteiger partial charge in [-0.1, -0.05) is 36.0 Å². The minimum Gasteiger partial charge on any atom is -0.349 e. The van der Waals surface area contributed by atoms with Crippen molar-refractivity contribution in [3.8, 4) is 0 Å². The Morgan fingerprint density at radius 2 is 1.82 bits per heavy atom. The van der Waals surface area contributed by atoms with Crippen molar-refractivity contribution in [3.05, 3.63) is 45.9 Å². The van der Waals surface area contributed by atoms with Gasteiger partial charge in [0, 0.05) is 0 Å². The summed E-state index contributed by atoms with van der Waals surface area (Å²) in [5.41, 5.74) is 3.45. The van der Waals surface area contributed by atoms with Crippen molar-refractivity contribution >= 4 is 5.69 Å². The van der Waals surface area contributed by atoms with Crippen LogP contribution in [0, 0.1) is 10.1 Å². The fraction of sp³-hybridized carbons (Fsp3) is 0. The monoisotopic (exact) mass is 160 g/mol. The van der Waals surface area contributed by atoms with E-state index in [1.807, 2.05) is 0 Å². The van der Waals surface area contributed by atoms with Crippen molar-refractivity contribution in [2.75, 3.05) is 0 Å². The van der Waals surface area contributed by atoms with E-state index in [0.29, 0.717) is 5.69 Å². The second kappa shape index (κ2) is 5.12. The van der Waals surface area contributed by atoms with E-state index in [0.717, 1.165) is 0 Å². The molecule has 5 heteroatoms. The van der Waals surface area contributed by atoms with Crippen molar-refractivity contribution < 1.29 is 34.6 Å². The Bertz CT molecular complexity index is 227. The minimum atomic E-state index is -0.713. The van der Waals surface area contributed by atoms with Crippen LogP contribution in [0.2, 0.25) is 0 Å². The molecule has 0 N–H and O–H groups in total. The molecular weight excluding hydrogens is 155 g/mol. The first kappa shape index (κ1) is 10.4. The number of rotatable bonds is 2. The van der Waals surface area contributed by atoms with E-state index in [1.54, 1.807) is 30.3 Å². The molecule has 0 aliphatic rings. The molecule has 0 fully saturated rings. The molecule has 0 atom stereocenters. The van der Waals surface area contributed by atoms with Crippen LogP contribution in [-0.2, 0) is 0 Å². The first-order valence-corrected chi connectivity index (χ1v) is 2.70. The van der Waals surface area contributed by atoms with E-state index >= 15 is 0 Å². The Kier molecular flexibility index (Phi) is 4.85. The predicted molar refractivity (Wildman–Crippen MR) is 36.5 cm³/mol. The Morgan fingerprint density at radius 3 is 2.27 bits per heavy atom. The van der Waals surface area contributed by atoms with E-state index in [4.69, 9.17) is 0 Å². The van der Waals surface area contributed by atoms with Crippen LogP contribution in [0.4, 0.5) is 5.69 Å². The van der Waals surface area contributed by atoms with Gasteiger partial charge in [0.2, 0.25) is 0 Å². The topological polar surface area (TPSA) is 57.2 Å². The molecule has 1 aromatic carbocycles. The van der Waals surface area contributed by atoms with Crippen LogP contribution in [0.25, 0.3) is 5.43 Å². The number of hydrogen-bond donors (Lipinski definition) is 0. The molecule has 0 unspecified atom stereocenters. The van der Waals surface area contributed by atoms with Crippen molar-refractivity contribution in [2.45, 2.75) is 0 Å². The van der Waals surface area contributed by atoms with Gasteiger partial charge in [0.25, 0.3) is 0 Å². The summed E-state index contributed by atoms with van der Waals surface area (Å²) in [6, 6.07) is 8.31. The van der Waals surface area contributed by atoms with E-state index in [9.17, 15) is 10.1 Å². The Hall–Kier alpha value is -0.580. The molecule has 1 rings (SSSR count). The summed E-state index contributed by atoms with van der Waals surface area (Å²) < 4.78 is 0. The summed E-state index contributed by atoms with van der Waals surface area (Å²) in [5, 5.41) is 9.09. The molecule has 0 amide bonds. The molecule has 0 saturated heterocycles. The average molecular weight is 160 g/mol. The van der Waals surface area contributed by atoms with Crippen molar-refractivity contribution in [3.63, 3.8) is 0 Å². The van der Waals surface area contributed by atoms with E-state index in [-0.39, 0.29) is 29.6 Å². The summed E-state index contributed by atoms with van der Waals surface area (Å²) in [7, 11) is 0. The van der Waals surface area contributed by atoms with Crippen LogP contribution in [0.3, 0.4) is 0 Å². The average Bonchev–Trinajstić information content (AvgIpc) is 1.88. The van der Waals surface area contributed by atoms with E-state index < -0.39 is 5.03 Å². The number of hydrogen-bond acceptors (Lipinski definition) is 2. The van der Waals surface area contributed by atoms with Gasteiger partial charge in [-0.25, -0.2) is 0 Å². The van der Waals surface area contributed by atoms with Crippen LogP contribution >= 0.6 is 0 Å². The molecule has 52 valence electrons. The number of benzene rings is 1.